The third kappa shape index (κ3) is 4.89. The Bertz CT molecular complexity index is 956. The van der Waals surface area contributed by atoms with Crippen LogP contribution >= 0.6 is 0 Å². The molecule has 2 rings (SSSR count). The summed E-state index contributed by atoms with van der Waals surface area (Å²) in [6.07, 6.45) is -4.97. The Kier molecular flexibility index (Phi) is 6.17. The minimum absolute atomic E-state index is 0.0130. The lowest BCUT2D eigenvalue weighted by molar-refractivity contribution is -0.258. The molecule has 10 heteroatoms. The third-order valence-electron chi connectivity index (χ3n) is 4.12. The highest BCUT2D eigenvalue weighted by atomic mass is 32.2. The first-order valence-corrected chi connectivity index (χ1v) is 9.57. The number of halogens is 3. The molecule has 0 aliphatic heterocycles. The summed E-state index contributed by atoms with van der Waals surface area (Å²) in [5.41, 5.74) is -2.67. The Morgan fingerprint density at radius 3 is 2.25 bits per heavy atom. The molecule has 1 atom stereocenters. The van der Waals surface area contributed by atoms with Crippen LogP contribution in [-0.2, 0) is 26.8 Å². The van der Waals surface area contributed by atoms with Gasteiger partial charge in [-0.1, -0.05) is 24.3 Å². The van der Waals surface area contributed by atoms with Crippen molar-refractivity contribution in [1.29, 1.82) is 0 Å². The first-order valence-electron chi connectivity index (χ1n) is 8.09. The molecule has 0 saturated heterocycles. The molecule has 0 heterocycles. The Morgan fingerprint density at radius 1 is 1.11 bits per heavy atom. The number of rotatable bonds is 6. The fourth-order valence-corrected chi connectivity index (χ4v) is 3.17. The molecular formula is C18H19F3N2O4S. The van der Waals surface area contributed by atoms with E-state index in [2.05, 4.69) is 10.0 Å². The SMILES string of the molecule is CNS(=O)(=O)c1cccc(CC(=O)Nc2ccc(C(C)(O)C(F)(F)F)cc2)c1. The van der Waals surface area contributed by atoms with E-state index < -0.39 is 27.7 Å². The fourth-order valence-electron chi connectivity index (χ4n) is 2.37. The van der Waals surface area contributed by atoms with Crippen LogP contribution in [0.15, 0.2) is 53.4 Å². The van der Waals surface area contributed by atoms with Crippen molar-refractivity contribution in [1.82, 2.24) is 4.72 Å². The van der Waals surface area contributed by atoms with Gasteiger partial charge in [0.1, 0.15) is 0 Å². The van der Waals surface area contributed by atoms with Crippen LogP contribution in [0, 0.1) is 0 Å². The van der Waals surface area contributed by atoms with E-state index in [0.29, 0.717) is 12.5 Å². The summed E-state index contributed by atoms with van der Waals surface area (Å²) in [7, 11) is -2.37. The smallest absolute Gasteiger partial charge is 0.376 e. The molecule has 0 saturated carbocycles. The second-order valence-electron chi connectivity index (χ2n) is 6.23. The molecule has 2 aromatic carbocycles. The minimum Gasteiger partial charge on any atom is -0.376 e. The van der Waals surface area contributed by atoms with Gasteiger partial charge < -0.3 is 10.4 Å². The summed E-state index contributed by atoms with van der Waals surface area (Å²) in [6, 6.07) is 10.5. The summed E-state index contributed by atoms with van der Waals surface area (Å²) in [4.78, 5) is 12.2. The highest BCUT2D eigenvalue weighted by Crippen LogP contribution is 2.38. The van der Waals surface area contributed by atoms with Crippen molar-refractivity contribution < 1.29 is 31.5 Å². The van der Waals surface area contributed by atoms with Crippen LogP contribution < -0.4 is 10.0 Å². The molecule has 3 N–H and O–H groups in total. The van der Waals surface area contributed by atoms with Gasteiger partial charge in [-0.25, -0.2) is 13.1 Å². The number of benzene rings is 2. The molecule has 0 aliphatic carbocycles. The van der Waals surface area contributed by atoms with Gasteiger partial charge in [-0.15, -0.1) is 0 Å². The maximum absolute atomic E-state index is 12.8. The number of carbonyl (C=O) groups excluding carboxylic acids is 1. The zero-order valence-electron chi connectivity index (χ0n) is 15.0. The van der Waals surface area contributed by atoms with Gasteiger partial charge in [0.25, 0.3) is 0 Å². The lowest BCUT2D eigenvalue weighted by Crippen LogP contribution is -2.39. The Hall–Kier alpha value is -2.43. The number of nitrogens with one attached hydrogen (secondary N) is 2. The van der Waals surface area contributed by atoms with Gasteiger partial charge in [0.15, 0.2) is 5.60 Å². The number of hydrogen-bond acceptors (Lipinski definition) is 4. The van der Waals surface area contributed by atoms with E-state index in [1.807, 2.05) is 0 Å². The average Bonchev–Trinajstić information content (AvgIpc) is 2.61. The van der Waals surface area contributed by atoms with Gasteiger partial charge in [0.05, 0.1) is 11.3 Å². The van der Waals surface area contributed by atoms with Crippen LogP contribution in [0.25, 0.3) is 0 Å². The van der Waals surface area contributed by atoms with Crippen molar-refractivity contribution in [3.63, 3.8) is 0 Å². The average molecular weight is 416 g/mol. The van der Waals surface area contributed by atoms with E-state index in [1.165, 1.54) is 37.4 Å². The zero-order valence-corrected chi connectivity index (χ0v) is 15.9. The van der Waals surface area contributed by atoms with Crippen molar-refractivity contribution in [3.05, 3.63) is 59.7 Å². The second kappa shape index (κ2) is 7.90. The molecule has 0 aliphatic rings. The highest BCUT2D eigenvalue weighted by molar-refractivity contribution is 7.89. The van der Waals surface area contributed by atoms with Crippen molar-refractivity contribution in [2.75, 3.05) is 12.4 Å². The van der Waals surface area contributed by atoms with Gasteiger partial charge in [0.2, 0.25) is 15.9 Å². The van der Waals surface area contributed by atoms with Gasteiger partial charge >= 0.3 is 6.18 Å². The van der Waals surface area contributed by atoms with E-state index in [9.17, 15) is 31.5 Å². The number of sulfonamides is 1. The number of amides is 1. The summed E-state index contributed by atoms with van der Waals surface area (Å²) in [5, 5.41) is 12.1. The van der Waals surface area contributed by atoms with Crippen LogP contribution in [0.5, 0.6) is 0 Å². The largest absolute Gasteiger partial charge is 0.421 e. The van der Waals surface area contributed by atoms with Gasteiger partial charge in [0, 0.05) is 5.69 Å². The number of hydrogen-bond donors (Lipinski definition) is 3. The normalized spacial score (nSPS) is 14.4. The van der Waals surface area contributed by atoms with E-state index >= 15 is 0 Å². The van der Waals surface area contributed by atoms with Crippen LogP contribution in [0.2, 0.25) is 0 Å². The van der Waals surface area contributed by atoms with E-state index in [1.54, 1.807) is 6.07 Å². The summed E-state index contributed by atoms with van der Waals surface area (Å²) in [6.45, 7) is 0.646. The molecule has 1 unspecified atom stereocenters. The van der Waals surface area contributed by atoms with Gasteiger partial charge in [-0.3, -0.25) is 4.79 Å². The van der Waals surface area contributed by atoms with Crippen LogP contribution in [-0.4, -0.2) is 32.7 Å². The highest BCUT2D eigenvalue weighted by Gasteiger charge is 2.51. The molecule has 0 fully saturated rings. The number of aliphatic hydroxyl groups is 1. The molecule has 152 valence electrons. The lowest BCUT2D eigenvalue weighted by atomic mass is 9.95. The number of carbonyl (C=O) groups is 1. The molecule has 1 amide bonds. The number of alkyl halides is 3. The monoisotopic (exact) mass is 416 g/mol. The summed E-state index contributed by atoms with van der Waals surface area (Å²) < 4.78 is 64.3. The minimum atomic E-state index is -4.84. The number of anilines is 1. The maximum Gasteiger partial charge on any atom is 0.421 e. The molecule has 6 nitrogen and oxygen atoms in total. The molecule has 2 aromatic rings. The van der Waals surface area contributed by atoms with Crippen molar-refractivity contribution in [2.45, 2.75) is 30.0 Å². The first kappa shape index (κ1) is 21.9. The van der Waals surface area contributed by atoms with E-state index in [0.717, 1.165) is 12.1 Å². The van der Waals surface area contributed by atoms with Gasteiger partial charge in [-0.2, -0.15) is 13.2 Å². The third-order valence-corrected chi connectivity index (χ3v) is 5.54. The summed E-state index contributed by atoms with van der Waals surface area (Å²) >= 11 is 0. The topological polar surface area (TPSA) is 95.5 Å². The summed E-state index contributed by atoms with van der Waals surface area (Å²) in [5.74, 6) is -0.477. The fraction of sp³-hybridized carbons (Fsp3) is 0.278. The zero-order chi connectivity index (χ0) is 21.2. The van der Waals surface area contributed by atoms with Gasteiger partial charge in [-0.05, 0) is 49.4 Å². The standard InChI is InChI=1S/C18H19F3N2O4S/c1-17(25,18(19,20)21)13-6-8-14(9-7-13)23-16(24)11-12-4-3-5-15(10-12)28(26,27)22-2/h3-10,22,25H,11H2,1-2H3,(H,23,24). The quantitative estimate of drug-likeness (QED) is 0.675. The van der Waals surface area contributed by atoms with Crippen LogP contribution in [0.4, 0.5) is 18.9 Å². The van der Waals surface area contributed by atoms with Crippen LogP contribution in [0.3, 0.4) is 0 Å². The second-order valence-corrected chi connectivity index (χ2v) is 8.11. The first-order chi connectivity index (χ1) is 12.9. The molecule has 0 bridgehead atoms. The molecule has 28 heavy (non-hydrogen) atoms. The van der Waals surface area contributed by atoms with E-state index in [-0.39, 0.29) is 22.6 Å². The molecule has 0 radical (unpaired) electrons. The van der Waals surface area contributed by atoms with E-state index in [4.69, 9.17) is 0 Å². The Labute approximate surface area is 160 Å². The Balaban J connectivity index is 2.09. The van der Waals surface area contributed by atoms with Crippen molar-refractivity contribution in [3.8, 4) is 0 Å². The van der Waals surface area contributed by atoms with Crippen molar-refractivity contribution >= 4 is 21.6 Å². The lowest BCUT2D eigenvalue weighted by Gasteiger charge is -2.26. The predicted molar refractivity (Wildman–Crippen MR) is 97.1 cm³/mol. The maximum atomic E-state index is 12.8. The predicted octanol–water partition coefficient (Wildman–Crippen LogP) is 2.55. The van der Waals surface area contributed by atoms with Crippen LogP contribution in [0.1, 0.15) is 18.1 Å². The Morgan fingerprint density at radius 2 is 1.71 bits per heavy atom. The molecular weight excluding hydrogens is 397 g/mol. The van der Waals surface area contributed by atoms with Crippen molar-refractivity contribution in [2.24, 2.45) is 0 Å². The molecule has 0 spiro atoms. The molecule has 0 aromatic heterocycles.